The summed E-state index contributed by atoms with van der Waals surface area (Å²) in [6.45, 7) is 1.93. The Morgan fingerprint density at radius 1 is 1.02 bits per heavy atom. The second-order valence-corrected chi connectivity index (χ2v) is 11.8. The number of rotatable bonds is 5. The number of benzene rings is 2. The molecule has 0 saturated carbocycles. The largest absolute Gasteiger partial charge is 0.508 e. The molecule has 0 bridgehead atoms. The molecule has 2 aromatic heterocycles. The molecule has 3 unspecified atom stereocenters. The molecule has 4 atom stereocenters. The van der Waals surface area contributed by atoms with Gasteiger partial charge in [-0.3, -0.25) is 9.88 Å². The second kappa shape index (κ2) is 10.6. The van der Waals surface area contributed by atoms with Crippen LogP contribution in [0, 0.1) is 5.82 Å². The van der Waals surface area contributed by atoms with Crippen LogP contribution in [0.15, 0.2) is 42.6 Å². The topological polar surface area (TPSA) is 115 Å². The van der Waals surface area contributed by atoms with Crippen LogP contribution in [-0.4, -0.2) is 91.9 Å². The molecule has 5 heterocycles. The molecule has 42 heavy (non-hydrogen) atoms. The Morgan fingerprint density at radius 3 is 2.76 bits per heavy atom. The molecule has 0 radical (unpaired) electrons. The normalized spacial score (nSPS) is 26.6. The van der Waals surface area contributed by atoms with Crippen molar-refractivity contribution in [3.63, 3.8) is 0 Å². The highest BCUT2D eigenvalue weighted by atomic mass is 19.1. The smallest absolute Gasteiger partial charge is 0.319 e. The lowest BCUT2D eigenvalue weighted by molar-refractivity contribution is 0.0249. The molecule has 3 fully saturated rings. The number of β-amino-alcohol motifs (C(OH)–C–C–N with tert-alkyl or cyclic N) is 1. The monoisotopic (exact) mass is 577 g/mol. The minimum atomic E-state index is -1.01. The van der Waals surface area contributed by atoms with Gasteiger partial charge in [0.2, 0.25) is 0 Å². The highest BCUT2D eigenvalue weighted by molar-refractivity contribution is 5.99. The number of nitrogens with zero attached hydrogens (tertiary/aromatic N) is 5. The van der Waals surface area contributed by atoms with Crippen LogP contribution in [0.5, 0.6) is 11.8 Å². The Balaban J connectivity index is 1.35. The van der Waals surface area contributed by atoms with Crippen molar-refractivity contribution < 1.29 is 28.8 Å². The van der Waals surface area contributed by atoms with Gasteiger partial charge < -0.3 is 25.0 Å². The summed E-state index contributed by atoms with van der Waals surface area (Å²) >= 11 is 0. The van der Waals surface area contributed by atoms with E-state index in [0.717, 1.165) is 30.2 Å². The van der Waals surface area contributed by atoms with Crippen molar-refractivity contribution in [3.8, 4) is 23.0 Å². The molecule has 0 amide bonds. The van der Waals surface area contributed by atoms with E-state index in [1.807, 2.05) is 24.3 Å². The Bertz CT molecular complexity index is 1660. The van der Waals surface area contributed by atoms with E-state index in [2.05, 4.69) is 19.9 Å². The maximum Gasteiger partial charge on any atom is 0.319 e. The lowest BCUT2D eigenvalue weighted by atomic mass is 9.95. The van der Waals surface area contributed by atoms with Crippen LogP contribution in [-0.2, 0) is 0 Å². The molecule has 0 aliphatic carbocycles. The minimum Gasteiger partial charge on any atom is -0.508 e. The number of phenolic OH excluding ortho intramolecular Hbond substituents is 1. The molecule has 3 aliphatic rings. The Kier molecular flexibility index (Phi) is 6.83. The zero-order valence-electron chi connectivity index (χ0n) is 23.1. The summed E-state index contributed by atoms with van der Waals surface area (Å²) in [5.74, 6) is -0.368. The Labute approximate surface area is 241 Å². The van der Waals surface area contributed by atoms with Crippen LogP contribution in [0.25, 0.3) is 32.9 Å². The summed E-state index contributed by atoms with van der Waals surface area (Å²) in [4.78, 5) is 17.6. The fourth-order valence-electron chi connectivity index (χ4n) is 6.97. The zero-order valence-corrected chi connectivity index (χ0v) is 23.1. The molecule has 220 valence electrons. The van der Waals surface area contributed by atoms with Gasteiger partial charge in [-0.15, -0.1) is 0 Å². The van der Waals surface area contributed by atoms with Crippen molar-refractivity contribution in [1.29, 1.82) is 0 Å². The number of halogens is 2. The number of fused-ring (bicyclic) bond motifs is 3. The molecule has 9 nitrogen and oxygen atoms in total. The van der Waals surface area contributed by atoms with E-state index in [0.29, 0.717) is 49.1 Å². The molecule has 11 heteroatoms. The van der Waals surface area contributed by atoms with Crippen molar-refractivity contribution in [2.45, 2.75) is 56.0 Å². The second-order valence-electron chi connectivity index (χ2n) is 11.8. The van der Waals surface area contributed by atoms with Gasteiger partial charge in [-0.05, 0) is 55.1 Å². The maximum atomic E-state index is 16.5. The van der Waals surface area contributed by atoms with Gasteiger partial charge in [-0.25, -0.2) is 8.78 Å². The Morgan fingerprint density at radius 2 is 1.88 bits per heavy atom. The summed E-state index contributed by atoms with van der Waals surface area (Å²) in [6.07, 6.45) is 1.85. The first-order chi connectivity index (χ1) is 20.3. The van der Waals surface area contributed by atoms with Crippen LogP contribution < -0.4 is 9.64 Å². The molecule has 7 rings (SSSR count). The number of aromatic hydroxyl groups is 1. The first kappa shape index (κ1) is 27.2. The summed E-state index contributed by atoms with van der Waals surface area (Å²) in [6, 6.07) is 10.4. The summed E-state index contributed by atoms with van der Waals surface area (Å²) < 4.78 is 37.0. The summed E-state index contributed by atoms with van der Waals surface area (Å²) in [5, 5.41) is 33.0. The van der Waals surface area contributed by atoms with Crippen LogP contribution in [0.4, 0.5) is 14.6 Å². The SMILES string of the molecule is Oc1cc(-c2ncc3c(N4CCCC(O)C(O)C4)nc(OC[C@@]45CCCN4CC(F)C5)nc3c2F)c2ccccc2c1. The van der Waals surface area contributed by atoms with Crippen LogP contribution >= 0.6 is 0 Å². The number of aliphatic hydroxyl groups is 2. The average molecular weight is 578 g/mol. The van der Waals surface area contributed by atoms with E-state index in [4.69, 9.17) is 4.74 Å². The van der Waals surface area contributed by atoms with Crippen molar-refractivity contribution >= 4 is 27.5 Å². The summed E-state index contributed by atoms with van der Waals surface area (Å²) in [7, 11) is 0. The van der Waals surface area contributed by atoms with Crippen LogP contribution in [0.1, 0.15) is 32.1 Å². The van der Waals surface area contributed by atoms with Gasteiger partial charge in [0.1, 0.15) is 35.6 Å². The molecule has 3 aliphatic heterocycles. The van der Waals surface area contributed by atoms with E-state index in [9.17, 15) is 19.7 Å². The summed E-state index contributed by atoms with van der Waals surface area (Å²) in [5.41, 5.74) is -0.0136. The van der Waals surface area contributed by atoms with Crippen LogP contribution in [0.2, 0.25) is 0 Å². The Hall–Kier alpha value is -3.67. The molecule has 3 N–H and O–H groups in total. The quantitative estimate of drug-likeness (QED) is 0.324. The lowest BCUT2D eigenvalue weighted by Gasteiger charge is -2.31. The van der Waals surface area contributed by atoms with Gasteiger partial charge in [0, 0.05) is 37.8 Å². The molecule has 4 aromatic rings. The van der Waals surface area contributed by atoms with Crippen molar-refractivity contribution in [2.75, 3.05) is 37.7 Å². The number of ether oxygens (including phenoxy) is 1. The third-order valence-corrected chi connectivity index (χ3v) is 9.06. The van der Waals surface area contributed by atoms with Gasteiger partial charge in [-0.2, -0.15) is 9.97 Å². The third kappa shape index (κ3) is 4.69. The number of pyridine rings is 1. The van der Waals surface area contributed by atoms with E-state index in [1.54, 1.807) is 11.0 Å². The predicted octanol–water partition coefficient (Wildman–Crippen LogP) is 3.97. The zero-order chi connectivity index (χ0) is 29.0. The maximum absolute atomic E-state index is 16.5. The number of hydrogen-bond acceptors (Lipinski definition) is 9. The van der Waals surface area contributed by atoms with Crippen LogP contribution in [0.3, 0.4) is 0 Å². The number of aromatic nitrogens is 3. The molecular weight excluding hydrogens is 544 g/mol. The number of aliphatic hydroxyl groups excluding tert-OH is 2. The van der Waals surface area contributed by atoms with E-state index < -0.39 is 29.7 Å². The van der Waals surface area contributed by atoms with Crippen molar-refractivity contribution in [1.82, 2.24) is 19.9 Å². The van der Waals surface area contributed by atoms with Gasteiger partial charge in [0.25, 0.3) is 0 Å². The van der Waals surface area contributed by atoms with E-state index in [-0.39, 0.29) is 36.1 Å². The number of hydrogen-bond donors (Lipinski definition) is 3. The van der Waals surface area contributed by atoms with Gasteiger partial charge in [-0.1, -0.05) is 24.3 Å². The fraction of sp³-hybridized carbons (Fsp3) is 0.452. The number of anilines is 1. The van der Waals surface area contributed by atoms with Gasteiger partial charge in [0.05, 0.1) is 23.1 Å². The fourth-order valence-corrected chi connectivity index (χ4v) is 6.97. The van der Waals surface area contributed by atoms with Crippen molar-refractivity contribution in [3.05, 3.63) is 48.4 Å². The lowest BCUT2D eigenvalue weighted by Crippen LogP contribution is -2.43. The van der Waals surface area contributed by atoms with E-state index >= 15 is 4.39 Å². The minimum absolute atomic E-state index is 0.0118. The first-order valence-corrected chi connectivity index (χ1v) is 14.5. The average Bonchev–Trinajstić information content (AvgIpc) is 3.44. The molecule has 2 aromatic carbocycles. The predicted molar refractivity (Wildman–Crippen MR) is 154 cm³/mol. The molecule has 3 saturated heterocycles. The standard InChI is InChI=1S/C31H33F2N5O4/c32-19-13-31(8-4-10-38(31)15-19)17-42-30-35-28-23(29(36-30)37-9-3-7-24(40)25(41)16-37)14-34-27(26(28)33)22-12-20(39)11-18-5-1-2-6-21(18)22/h1-2,5-6,11-12,14,19,24-25,39-41H,3-4,7-10,13,15-17H2/t19?,24?,25?,31-/m0/s1. The number of alkyl halides is 1. The number of phenols is 1. The highest BCUT2D eigenvalue weighted by Crippen LogP contribution is 2.41. The first-order valence-electron chi connectivity index (χ1n) is 14.5. The highest BCUT2D eigenvalue weighted by Gasteiger charge is 2.49. The van der Waals surface area contributed by atoms with Crippen molar-refractivity contribution in [2.24, 2.45) is 0 Å². The third-order valence-electron chi connectivity index (χ3n) is 9.06. The van der Waals surface area contributed by atoms with Gasteiger partial charge >= 0.3 is 6.01 Å². The van der Waals surface area contributed by atoms with Gasteiger partial charge in [0.15, 0.2) is 5.82 Å². The molecule has 0 spiro atoms. The molecular formula is C31H33F2N5O4. The van der Waals surface area contributed by atoms with E-state index in [1.165, 1.54) is 12.3 Å².